The Morgan fingerprint density at radius 3 is 2.54 bits per heavy atom. The van der Waals surface area contributed by atoms with Crippen molar-refractivity contribution in [2.45, 2.75) is 6.92 Å². The van der Waals surface area contributed by atoms with Crippen LogP contribution in [0.15, 0.2) is 41.3 Å². The average molecular weight is 376 g/mol. The third kappa shape index (κ3) is 4.05. The number of aromatic nitrogens is 2. The summed E-state index contributed by atoms with van der Waals surface area (Å²) in [6.45, 7) is 5.78. The van der Waals surface area contributed by atoms with Gasteiger partial charge in [0.25, 0.3) is 5.56 Å². The summed E-state index contributed by atoms with van der Waals surface area (Å²) >= 11 is 6.35. The number of carbonyl (C=O) groups excluding carboxylic acids is 1. The summed E-state index contributed by atoms with van der Waals surface area (Å²) in [5, 5.41) is 7.25. The Morgan fingerprint density at radius 1 is 1.19 bits per heavy atom. The molecule has 1 N–H and O–H groups in total. The molecule has 1 aromatic heterocycles. The number of nitrogens with one attached hydrogen (secondary N) is 1. The van der Waals surface area contributed by atoms with Gasteiger partial charge in [-0.1, -0.05) is 29.8 Å². The molecule has 0 aliphatic carbocycles. The number of hydrogen-bond acceptors (Lipinski definition) is 5. The molecule has 3 rings (SSSR count). The van der Waals surface area contributed by atoms with E-state index in [-0.39, 0.29) is 16.5 Å². The van der Waals surface area contributed by atoms with Gasteiger partial charge < -0.3 is 10.2 Å². The van der Waals surface area contributed by atoms with Gasteiger partial charge in [-0.3, -0.25) is 14.5 Å². The molecule has 7 nitrogen and oxygen atoms in total. The van der Waals surface area contributed by atoms with Gasteiger partial charge in [-0.2, -0.15) is 9.78 Å². The standard InChI is InChI=1S/C18H22ClN5O2/c1-2-20-16(25)13-22-8-10-23(11-9-22)15-12-21-24(18(26)17(15)19)14-6-4-3-5-7-14/h3-7,12H,2,8-11,13H2,1H3,(H,20,25). The summed E-state index contributed by atoms with van der Waals surface area (Å²) in [4.78, 5) is 28.4. The van der Waals surface area contributed by atoms with E-state index in [2.05, 4.69) is 15.3 Å². The topological polar surface area (TPSA) is 70.5 Å². The number of para-hydroxylation sites is 1. The van der Waals surface area contributed by atoms with Crippen LogP contribution in [0.2, 0.25) is 5.02 Å². The second-order valence-electron chi connectivity index (χ2n) is 6.11. The molecule has 138 valence electrons. The normalized spacial score (nSPS) is 15.1. The highest BCUT2D eigenvalue weighted by Crippen LogP contribution is 2.22. The zero-order valence-electron chi connectivity index (χ0n) is 14.7. The summed E-state index contributed by atoms with van der Waals surface area (Å²) in [5.41, 5.74) is 0.985. The van der Waals surface area contributed by atoms with Gasteiger partial charge in [-0.15, -0.1) is 0 Å². The SMILES string of the molecule is CCNC(=O)CN1CCN(c2cnn(-c3ccccc3)c(=O)c2Cl)CC1. The third-order valence-corrected chi connectivity index (χ3v) is 4.71. The molecular formula is C18H22ClN5O2. The van der Waals surface area contributed by atoms with Crippen LogP contribution in [0.1, 0.15) is 6.92 Å². The van der Waals surface area contributed by atoms with E-state index < -0.39 is 0 Å². The fourth-order valence-corrected chi connectivity index (χ4v) is 3.25. The molecule has 1 saturated heterocycles. The molecule has 0 unspecified atom stereocenters. The highest BCUT2D eigenvalue weighted by Gasteiger charge is 2.22. The predicted octanol–water partition coefficient (Wildman–Crippen LogP) is 1.14. The maximum absolute atomic E-state index is 12.6. The molecule has 0 bridgehead atoms. The molecule has 0 saturated carbocycles. The van der Waals surface area contributed by atoms with Crippen molar-refractivity contribution in [1.29, 1.82) is 0 Å². The molecule has 8 heteroatoms. The molecule has 2 heterocycles. The summed E-state index contributed by atoms with van der Waals surface area (Å²) in [6.07, 6.45) is 1.64. The van der Waals surface area contributed by atoms with Crippen LogP contribution in [0.4, 0.5) is 5.69 Å². The molecular weight excluding hydrogens is 354 g/mol. The fraction of sp³-hybridized carbons (Fsp3) is 0.389. The summed E-state index contributed by atoms with van der Waals surface area (Å²) in [6, 6.07) is 9.19. The maximum Gasteiger partial charge on any atom is 0.292 e. The number of hydrogen-bond donors (Lipinski definition) is 1. The van der Waals surface area contributed by atoms with Crippen LogP contribution >= 0.6 is 11.6 Å². The van der Waals surface area contributed by atoms with E-state index >= 15 is 0 Å². The van der Waals surface area contributed by atoms with Crippen LogP contribution in [0.3, 0.4) is 0 Å². The molecule has 0 radical (unpaired) electrons. The van der Waals surface area contributed by atoms with E-state index in [0.717, 1.165) is 13.1 Å². The summed E-state index contributed by atoms with van der Waals surface area (Å²) < 4.78 is 1.30. The Balaban J connectivity index is 1.71. The van der Waals surface area contributed by atoms with Crippen molar-refractivity contribution in [1.82, 2.24) is 20.0 Å². The number of benzene rings is 1. The van der Waals surface area contributed by atoms with Crippen molar-refractivity contribution in [2.24, 2.45) is 0 Å². The Kier molecular flexibility index (Phi) is 5.90. The van der Waals surface area contributed by atoms with E-state index in [1.807, 2.05) is 42.2 Å². The molecule has 1 amide bonds. The van der Waals surface area contributed by atoms with Crippen LogP contribution in [0.5, 0.6) is 0 Å². The molecule has 1 aromatic carbocycles. The van der Waals surface area contributed by atoms with Gasteiger partial charge in [0, 0.05) is 32.7 Å². The van der Waals surface area contributed by atoms with Crippen molar-refractivity contribution in [3.05, 3.63) is 51.9 Å². The van der Waals surface area contributed by atoms with Crippen LogP contribution in [-0.2, 0) is 4.79 Å². The fourth-order valence-electron chi connectivity index (χ4n) is 3.00. The third-order valence-electron chi connectivity index (χ3n) is 4.36. The first-order valence-corrected chi connectivity index (χ1v) is 9.05. The van der Waals surface area contributed by atoms with Gasteiger partial charge in [0.15, 0.2) is 0 Å². The Labute approximate surface area is 157 Å². The van der Waals surface area contributed by atoms with Crippen LogP contribution in [-0.4, -0.2) is 59.9 Å². The first-order chi connectivity index (χ1) is 12.6. The first kappa shape index (κ1) is 18.4. The van der Waals surface area contributed by atoms with Crippen molar-refractivity contribution >= 4 is 23.2 Å². The number of carbonyl (C=O) groups is 1. The highest BCUT2D eigenvalue weighted by atomic mass is 35.5. The second-order valence-corrected chi connectivity index (χ2v) is 6.49. The van der Waals surface area contributed by atoms with E-state index in [1.54, 1.807) is 6.20 Å². The minimum Gasteiger partial charge on any atom is -0.366 e. The minimum absolute atomic E-state index is 0.0334. The van der Waals surface area contributed by atoms with E-state index in [9.17, 15) is 9.59 Å². The van der Waals surface area contributed by atoms with Crippen molar-refractivity contribution in [3.8, 4) is 5.69 Å². The van der Waals surface area contributed by atoms with Gasteiger partial charge in [-0.25, -0.2) is 0 Å². The lowest BCUT2D eigenvalue weighted by Crippen LogP contribution is -2.50. The van der Waals surface area contributed by atoms with Crippen LogP contribution in [0.25, 0.3) is 5.69 Å². The smallest absolute Gasteiger partial charge is 0.292 e. The van der Waals surface area contributed by atoms with Crippen molar-refractivity contribution < 1.29 is 4.79 Å². The van der Waals surface area contributed by atoms with Gasteiger partial charge in [-0.05, 0) is 19.1 Å². The van der Waals surface area contributed by atoms with E-state index in [0.29, 0.717) is 37.6 Å². The molecule has 0 spiro atoms. The zero-order valence-corrected chi connectivity index (χ0v) is 15.4. The van der Waals surface area contributed by atoms with Crippen molar-refractivity contribution in [2.75, 3.05) is 44.2 Å². The lowest BCUT2D eigenvalue weighted by atomic mass is 10.2. The monoisotopic (exact) mass is 375 g/mol. The number of nitrogens with zero attached hydrogens (tertiary/aromatic N) is 4. The number of piperazine rings is 1. The lowest BCUT2D eigenvalue weighted by Gasteiger charge is -2.35. The number of amides is 1. The van der Waals surface area contributed by atoms with Gasteiger partial charge in [0.05, 0.1) is 24.1 Å². The largest absolute Gasteiger partial charge is 0.366 e. The van der Waals surface area contributed by atoms with Crippen LogP contribution in [0, 0.1) is 0 Å². The molecule has 1 aliphatic rings. The summed E-state index contributed by atoms with van der Waals surface area (Å²) in [7, 11) is 0. The minimum atomic E-state index is -0.333. The number of rotatable bonds is 5. The Morgan fingerprint density at radius 2 is 1.88 bits per heavy atom. The molecule has 26 heavy (non-hydrogen) atoms. The van der Waals surface area contributed by atoms with Gasteiger partial charge in [0.1, 0.15) is 5.02 Å². The predicted molar refractivity (Wildman–Crippen MR) is 102 cm³/mol. The second kappa shape index (κ2) is 8.33. The van der Waals surface area contributed by atoms with Crippen molar-refractivity contribution in [3.63, 3.8) is 0 Å². The molecule has 1 aliphatic heterocycles. The summed E-state index contributed by atoms with van der Waals surface area (Å²) in [5.74, 6) is 0.0334. The van der Waals surface area contributed by atoms with Gasteiger partial charge in [0.2, 0.25) is 5.91 Å². The quantitative estimate of drug-likeness (QED) is 0.848. The molecule has 2 aromatic rings. The zero-order chi connectivity index (χ0) is 18.5. The Hall–Kier alpha value is -2.38. The maximum atomic E-state index is 12.6. The molecule has 1 fully saturated rings. The lowest BCUT2D eigenvalue weighted by molar-refractivity contribution is -0.122. The van der Waals surface area contributed by atoms with Crippen LogP contribution < -0.4 is 15.8 Å². The number of halogens is 1. The Bertz CT molecular complexity index is 816. The highest BCUT2D eigenvalue weighted by molar-refractivity contribution is 6.33. The van der Waals surface area contributed by atoms with E-state index in [1.165, 1.54) is 4.68 Å². The number of anilines is 1. The molecule has 0 atom stereocenters. The average Bonchev–Trinajstić information content (AvgIpc) is 2.66. The first-order valence-electron chi connectivity index (χ1n) is 8.67. The van der Waals surface area contributed by atoms with Gasteiger partial charge >= 0.3 is 0 Å². The van der Waals surface area contributed by atoms with E-state index in [4.69, 9.17) is 11.6 Å². The number of likely N-dealkylation sites (N-methyl/N-ethyl adjacent to an activating group) is 1.